The molecule has 25 heavy (non-hydrogen) atoms. The number of epoxide rings is 1. The number of quaternary nitrogens is 1. The van der Waals surface area contributed by atoms with Crippen molar-refractivity contribution in [3.8, 4) is 0 Å². The molecule has 1 heterocycles. The average molecular weight is 376 g/mol. The van der Waals surface area contributed by atoms with E-state index in [1.165, 1.54) is 114 Å². The molecule has 1 saturated heterocycles. The molecule has 1 aliphatic rings. The van der Waals surface area contributed by atoms with Crippen LogP contribution in [-0.2, 0) is 4.74 Å². The molecule has 0 aromatic rings. The minimum absolute atomic E-state index is 0. The molecular weight excluding hydrogens is 330 g/mol. The third-order valence-electron chi connectivity index (χ3n) is 5.65. The van der Waals surface area contributed by atoms with E-state index in [9.17, 15) is 0 Å². The third kappa shape index (κ3) is 15.0. The summed E-state index contributed by atoms with van der Waals surface area (Å²) in [7, 11) is 2.48. The number of hydrogen-bond acceptors (Lipinski definition) is 1. The van der Waals surface area contributed by atoms with Gasteiger partial charge in [-0.15, -0.1) is 0 Å². The fourth-order valence-electron chi connectivity index (χ4n) is 3.86. The Morgan fingerprint density at radius 1 is 0.680 bits per heavy atom. The van der Waals surface area contributed by atoms with Gasteiger partial charge in [0.15, 0.2) is 0 Å². The summed E-state index contributed by atoms with van der Waals surface area (Å²) >= 11 is 0. The highest BCUT2D eigenvalue weighted by Crippen LogP contribution is 2.19. The summed E-state index contributed by atoms with van der Waals surface area (Å²) < 4.78 is 6.79. The number of halogens is 1. The Morgan fingerprint density at radius 2 is 1.04 bits per heavy atom. The monoisotopic (exact) mass is 375 g/mol. The Kier molecular flexibility index (Phi) is 16.5. The summed E-state index contributed by atoms with van der Waals surface area (Å²) in [6, 6.07) is 0. The summed E-state index contributed by atoms with van der Waals surface area (Å²) in [5.74, 6) is 0. The normalized spacial score (nSPS) is 18.6. The van der Waals surface area contributed by atoms with Gasteiger partial charge in [0.2, 0.25) is 0 Å². The van der Waals surface area contributed by atoms with E-state index in [0.717, 1.165) is 6.61 Å². The highest BCUT2D eigenvalue weighted by atomic mass is 35.5. The molecule has 0 aliphatic carbocycles. The lowest BCUT2D eigenvalue weighted by Crippen LogP contribution is -3.00. The van der Waals surface area contributed by atoms with E-state index in [1.807, 2.05) is 0 Å². The summed E-state index contributed by atoms with van der Waals surface area (Å²) in [6.07, 6.45) is 20.5. The van der Waals surface area contributed by atoms with Gasteiger partial charge in [0, 0.05) is 0 Å². The van der Waals surface area contributed by atoms with Gasteiger partial charge in [-0.2, -0.15) is 0 Å². The van der Waals surface area contributed by atoms with Gasteiger partial charge >= 0.3 is 0 Å². The first-order valence-corrected chi connectivity index (χ1v) is 11.2. The predicted octanol–water partition coefficient (Wildman–Crippen LogP) is 3.34. The molecule has 3 heteroatoms. The molecule has 2 unspecified atom stereocenters. The van der Waals surface area contributed by atoms with Crippen LogP contribution in [0.15, 0.2) is 0 Å². The highest BCUT2D eigenvalue weighted by Gasteiger charge is 2.33. The lowest BCUT2D eigenvalue weighted by atomic mass is 10.1. The molecule has 2 atom stereocenters. The summed E-state index contributed by atoms with van der Waals surface area (Å²) in [5.41, 5.74) is 0. The van der Waals surface area contributed by atoms with E-state index in [2.05, 4.69) is 20.9 Å². The van der Waals surface area contributed by atoms with Crippen LogP contribution in [0.25, 0.3) is 0 Å². The number of hydrogen-bond donors (Lipinski definition) is 0. The fourth-order valence-corrected chi connectivity index (χ4v) is 3.86. The van der Waals surface area contributed by atoms with Crippen LogP contribution < -0.4 is 12.4 Å². The molecule has 0 bridgehead atoms. The second kappa shape index (κ2) is 16.4. The van der Waals surface area contributed by atoms with Gasteiger partial charge in [0.05, 0.1) is 26.7 Å². The Balaban J connectivity index is 0.00000576. The van der Waals surface area contributed by atoms with Gasteiger partial charge in [-0.3, -0.25) is 0 Å². The second-order valence-electron chi connectivity index (χ2n) is 8.45. The molecule has 152 valence electrons. The first-order chi connectivity index (χ1) is 11.7. The van der Waals surface area contributed by atoms with Crippen LogP contribution in [0.4, 0.5) is 0 Å². The summed E-state index contributed by atoms with van der Waals surface area (Å²) in [5, 5.41) is 0. The highest BCUT2D eigenvalue weighted by molar-refractivity contribution is 4.68. The Bertz CT molecular complexity index is 283. The lowest BCUT2D eigenvalue weighted by Gasteiger charge is -2.34. The minimum Gasteiger partial charge on any atom is -1.00 e. The molecule has 0 spiro atoms. The van der Waals surface area contributed by atoms with Crippen molar-refractivity contribution in [2.24, 2.45) is 0 Å². The van der Waals surface area contributed by atoms with Crippen LogP contribution in [0.5, 0.6) is 0 Å². The van der Waals surface area contributed by atoms with Gasteiger partial charge < -0.3 is 21.6 Å². The van der Waals surface area contributed by atoms with Crippen LogP contribution in [0, 0.1) is 0 Å². The Labute approximate surface area is 165 Å². The van der Waals surface area contributed by atoms with Crippen molar-refractivity contribution < 1.29 is 21.6 Å². The topological polar surface area (TPSA) is 12.5 Å². The van der Waals surface area contributed by atoms with Crippen molar-refractivity contribution >= 4 is 0 Å². The quantitative estimate of drug-likeness (QED) is 0.203. The molecule has 1 rings (SSSR count). The smallest absolute Gasteiger partial charge is 0.130 e. The lowest BCUT2D eigenvalue weighted by molar-refractivity contribution is -0.910. The fraction of sp³-hybridized carbons (Fsp3) is 1.00. The molecule has 0 aromatic heterocycles. The van der Waals surface area contributed by atoms with Crippen LogP contribution in [0.1, 0.15) is 104 Å². The minimum atomic E-state index is 0. The van der Waals surface area contributed by atoms with Crippen molar-refractivity contribution in [3.05, 3.63) is 0 Å². The number of likely N-dealkylation sites (N-methyl/N-ethyl adjacent to an activating group) is 1. The van der Waals surface area contributed by atoms with Gasteiger partial charge in [-0.25, -0.2) is 0 Å². The molecule has 1 fully saturated rings. The van der Waals surface area contributed by atoms with E-state index >= 15 is 0 Å². The first kappa shape index (κ1) is 25.2. The van der Waals surface area contributed by atoms with E-state index in [0.29, 0.717) is 6.10 Å². The van der Waals surface area contributed by atoms with Crippen LogP contribution in [0.3, 0.4) is 0 Å². The number of unbranched alkanes of at least 4 members (excludes halogenated alkanes) is 12. The van der Waals surface area contributed by atoms with Crippen LogP contribution in [0.2, 0.25) is 0 Å². The van der Waals surface area contributed by atoms with Crippen molar-refractivity contribution in [1.82, 2.24) is 0 Å². The Hall–Kier alpha value is 0.210. The van der Waals surface area contributed by atoms with Gasteiger partial charge in [0.25, 0.3) is 0 Å². The van der Waals surface area contributed by atoms with Crippen LogP contribution >= 0.6 is 0 Å². The Morgan fingerprint density at radius 3 is 1.40 bits per heavy atom. The molecule has 0 aromatic carbocycles. The van der Waals surface area contributed by atoms with Crippen molar-refractivity contribution in [2.75, 3.05) is 33.3 Å². The molecule has 2 nitrogen and oxygen atoms in total. The average Bonchev–Trinajstić information content (AvgIpc) is 3.37. The van der Waals surface area contributed by atoms with E-state index in [-0.39, 0.29) is 12.4 Å². The summed E-state index contributed by atoms with van der Waals surface area (Å²) in [4.78, 5) is 0. The standard InChI is InChI=1S/C22H46NO.ClH/c1-4-6-8-10-12-13-15-17-19-23(3,20-22-21-24-22)18-16-14-11-9-7-5-2;/h22H,4-21H2,1-3H3;1H/q+1;/p-1. The summed E-state index contributed by atoms with van der Waals surface area (Å²) in [6.45, 7) is 9.60. The SMILES string of the molecule is CCCCCCCCCC[N+](C)(CCCCCCCC)CC1CO1.[Cl-]. The molecule has 0 N–H and O–H groups in total. The first-order valence-electron chi connectivity index (χ1n) is 11.2. The number of rotatable bonds is 18. The van der Waals surface area contributed by atoms with E-state index < -0.39 is 0 Å². The van der Waals surface area contributed by atoms with Gasteiger partial charge in [0.1, 0.15) is 12.6 Å². The maximum Gasteiger partial charge on any atom is 0.130 e. The molecule has 1 aliphatic heterocycles. The molecule has 0 radical (unpaired) electrons. The van der Waals surface area contributed by atoms with Crippen LogP contribution in [-0.4, -0.2) is 43.9 Å². The molecule has 0 amide bonds. The number of nitrogens with zero attached hydrogens (tertiary/aromatic N) is 1. The maximum atomic E-state index is 5.53. The second-order valence-corrected chi connectivity index (χ2v) is 8.45. The number of ether oxygens (including phenoxy) is 1. The van der Waals surface area contributed by atoms with Crippen molar-refractivity contribution in [1.29, 1.82) is 0 Å². The zero-order valence-electron chi connectivity index (χ0n) is 17.5. The van der Waals surface area contributed by atoms with Crippen molar-refractivity contribution in [3.63, 3.8) is 0 Å². The van der Waals surface area contributed by atoms with E-state index in [4.69, 9.17) is 4.74 Å². The van der Waals surface area contributed by atoms with Gasteiger partial charge in [-0.1, -0.05) is 78.1 Å². The van der Waals surface area contributed by atoms with Crippen molar-refractivity contribution in [2.45, 2.75) is 110 Å². The van der Waals surface area contributed by atoms with E-state index in [1.54, 1.807) is 0 Å². The largest absolute Gasteiger partial charge is 1.00 e. The maximum absolute atomic E-state index is 5.53. The zero-order chi connectivity index (χ0) is 17.5. The molecule has 0 saturated carbocycles. The molecular formula is C22H46ClNO. The third-order valence-corrected chi connectivity index (χ3v) is 5.65. The zero-order valence-corrected chi connectivity index (χ0v) is 18.3. The van der Waals surface area contributed by atoms with Gasteiger partial charge in [-0.05, 0) is 25.7 Å². The predicted molar refractivity (Wildman–Crippen MR) is 107 cm³/mol.